The highest BCUT2D eigenvalue weighted by molar-refractivity contribution is 7.92. The summed E-state index contributed by atoms with van der Waals surface area (Å²) in [5.41, 5.74) is 1.71. The maximum absolute atomic E-state index is 14.6. The number of para-hydroxylation sites is 1. The van der Waals surface area contributed by atoms with Gasteiger partial charge in [0.25, 0.3) is 10.0 Å². The second kappa shape index (κ2) is 16.3. The Morgan fingerprint density at radius 2 is 1.29 bits per heavy atom. The van der Waals surface area contributed by atoms with Crippen LogP contribution in [0.2, 0.25) is 5.02 Å². The van der Waals surface area contributed by atoms with Crippen molar-refractivity contribution in [2.24, 2.45) is 0 Å². The van der Waals surface area contributed by atoms with Crippen LogP contribution in [0.15, 0.2) is 144 Å². The molecule has 0 saturated carbocycles. The van der Waals surface area contributed by atoms with E-state index >= 15 is 0 Å². The minimum Gasteiger partial charge on any atom is -0.457 e. The van der Waals surface area contributed by atoms with Crippen molar-refractivity contribution in [3.05, 3.63) is 156 Å². The highest BCUT2D eigenvalue weighted by atomic mass is 35.5. The van der Waals surface area contributed by atoms with Crippen LogP contribution >= 0.6 is 11.6 Å². The lowest BCUT2D eigenvalue weighted by Gasteiger charge is -2.34. The summed E-state index contributed by atoms with van der Waals surface area (Å²) in [5.74, 6) is 0.175. The third-order valence-electron chi connectivity index (χ3n) is 7.71. The van der Waals surface area contributed by atoms with Gasteiger partial charge in [-0.05, 0) is 79.6 Å². The molecule has 0 aromatic heterocycles. The normalized spacial score (nSPS) is 11.8. The van der Waals surface area contributed by atoms with Gasteiger partial charge >= 0.3 is 0 Å². The minimum atomic E-state index is -4.24. The molecule has 5 rings (SSSR count). The molecule has 10 heteroatoms. The molecular weight excluding hydrogens is 658 g/mol. The molecule has 5 aromatic carbocycles. The smallest absolute Gasteiger partial charge is 0.264 e. The van der Waals surface area contributed by atoms with Crippen LogP contribution in [0.3, 0.4) is 0 Å². The number of carbonyl (C=O) groups is 2. The van der Waals surface area contributed by atoms with Crippen molar-refractivity contribution in [1.29, 1.82) is 0 Å². The van der Waals surface area contributed by atoms with Crippen molar-refractivity contribution in [1.82, 2.24) is 10.2 Å². The predicted octanol–water partition coefficient (Wildman–Crippen LogP) is 7.49. The molecule has 0 aliphatic heterocycles. The number of hydrogen-bond donors (Lipinski definition) is 1. The van der Waals surface area contributed by atoms with E-state index in [4.69, 9.17) is 16.3 Å². The van der Waals surface area contributed by atoms with Crippen LogP contribution in [0.1, 0.15) is 25.0 Å². The van der Waals surface area contributed by atoms with Gasteiger partial charge in [-0.2, -0.15) is 0 Å². The number of rotatable bonds is 14. The SMILES string of the molecule is CC(C)NC(=O)[C@H](Cc1ccccc1)N(Cc1ccccc1Cl)C(=O)CN(c1ccc(Oc2ccccc2)cc1)S(=O)(=O)c1ccccc1. The quantitative estimate of drug-likeness (QED) is 0.130. The number of sulfonamides is 1. The summed E-state index contributed by atoms with van der Waals surface area (Å²) >= 11 is 6.57. The molecule has 0 bridgehead atoms. The first-order chi connectivity index (χ1) is 23.6. The molecule has 1 atom stereocenters. The Morgan fingerprint density at radius 1 is 0.735 bits per heavy atom. The van der Waals surface area contributed by atoms with Crippen molar-refractivity contribution in [3.63, 3.8) is 0 Å². The number of carbonyl (C=O) groups excluding carboxylic acids is 2. The lowest BCUT2D eigenvalue weighted by molar-refractivity contribution is -0.140. The molecular formula is C39H38ClN3O5S. The maximum Gasteiger partial charge on any atom is 0.264 e. The van der Waals surface area contributed by atoms with Gasteiger partial charge in [-0.15, -0.1) is 0 Å². The topological polar surface area (TPSA) is 96.0 Å². The number of hydrogen-bond acceptors (Lipinski definition) is 5. The number of anilines is 1. The van der Waals surface area contributed by atoms with Gasteiger partial charge in [-0.3, -0.25) is 13.9 Å². The van der Waals surface area contributed by atoms with E-state index in [1.165, 1.54) is 17.0 Å². The largest absolute Gasteiger partial charge is 0.457 e. The Balaban J connectivity index is 1.55. The lowest BCUT2D eigenvalue weighted by Crippen LogP contribution is -2.54. The number of nitrogens with zero attached hydrogens (tertiary/aromatic N) is 2. The van der Waals surface area contributed by atoms with E-state index < -0.39 is 28.5 Å². The van der Waals surface area contributed by atoms with Crippen molar-refractivity contribution in [2.45, 2.75) is 43.8 Å². The molecule has 0 spiro atoms. The van der Waals surface area contributed by atoms with E-state index in [1.807, 2.05) is 74.5 Å². The van der Waals surface area contributed by atoms with E-state index in [9.17, 15) is 18.0 Å². The van der Waals surface area contributed by atoms with Crippen LogP contribution < -0.4 is 14.4 Å². The highest BCUT2D eigenvalue weighted by Crippen LogP contribution is 2.29. The molecule has 5 aromatic rings. The fourth-order valence-corrected chi connectivity index (χ4v) is 6.93. The number of ether oxygens (including phenoxy) is 1. The molecule has 252 valence electrons. The summed E-state index contributed by atoms with van der Waals surface area (Å²) in [6, 6.07) is 38.9. The van der Waals surface area contributed by atoms with Gasteiger partial charge in [0.15, 0.2) is 0 Å². The van der Waals surface area contributed by atoms with Gasteiger partial charge in [-0.1, -0.05) is 96.5 Å². The second-order valence-corrected chi connectivity index (χ2v) is 14.0. The fraction of sp³-hybridized carbons (Fsp3) is 0.179. The molecule has 8 nitrogen and oxygen atoms in total. The van der Waals surface area contributed by atoms with E-state index in [0.29, 0.717) is 22.1 Å². The van der Waals surface area contributed by atoms with E-state index in [-0.39, 0.29) is 35.5 Å². The van der Waals surface area contributed by atoms with Gasteiger partial charge < -0.3 is 15.0 Å². The molecule has 0 radical (unpaired) electrons. The van der Waals surface area contributed by atoms with Gasteiger partial charge in [0.05, 0.1) is 10.6 Å². The Labute approximate surface area is 293 Å². The van der Waals surface area contributed by atoms with Crippen molar-refractivity contribution in [3.8, 4) is 11.5 Å². The van der Waals surface area contributed by atoms with Crippen LogP contribution in [0.5, 0.6) is 11.5 Å². The number of benzene rings is 5. The third kappa shape index (κ3) is 9.28. The molecule has 1 N–H and O–H groups in total. The third-order valence-corrected chi connectivity index (χ3v) is 9.87. The fourth-order valence-electron chi connectivity index (χ4n) is 5.30. The average molecular weight is 696 g/mol. The van der Waals surface area contributed by atoms with Crippen LogP contribution in [-0.2, 0) is 32.6 Å². The van der Waals surface area contributed by atoms with E-state index in [1.54, 1.807) is 66.7 Å². The molecule has 0 fully saturated rings. The highest BCUT2D eigenvalue weighted by Gasteiger charge is 2.35. The standard InChI is InChI=1S/C39H38ClN3O5S/c1-29(2)41-39(45)37(26-30-14-6-3-7-15-30)42(27-31-16-12-13-21-36(31)40)38(44)28-43(49(46,47)35-19-10-5-11-20-35)32-22-24-34(25-23-32)48-33-17-8-4-9-18-33/h3-25,29,37H,26-28H2,1-2H3,(H,41,45)/t37-/m0/s1. The summed E-state index contributed by atoms with van der Waals surface area (Å²) in [6.07, 6.45) is 0.201. The Bertz CT molecular complexity index is 1940. The molecule has 0 unspecified atom stereocenters. The van der Waals surface area contributed by atoms with Crippen LogP contribution in [0, 0.1) is 0 Å². The van der Waals surface area contributed by atoms with Crippen LogP contribution in [-0.4, -0.2) is 43.8 Å². The van der Waals surface area contributed by atoms with Crippen LogP contribution in [0.4, 0.5) is 5.69 Å². The molecule has 0 heterocycles. The Hall–Kier alpha value is -5.12. The lowest BCUT2D eigenvalue weighted by atomic mass is 10.0. The van der Waals surface area contributed by atoms with Crippen molar-refractivity contribution >= 4 is 39.1 Å². The first-order valence-corrected chi connectivity index (χ1v) is 17.7. The number of amides is 2. The Kier molecular flexibility index (Phi) is 11.7. The van der Waals surface area contributed by atoms with Crippen LogP contribution in [0.25, 0.3) is 0 Å². The molecule has 2 amide bonds. The first kappa shape index (κ1) is 35.2. The molecule has 0 saturated heterocycles. The summed E-state index contributed by atoms with van der Waals surface area (Å²) in [7, 11) is -4.24. The Morgan fingerprint density at radius 3 is 1.90 bits per heavy atom. The molecule has 0 aliphatic carbocycles. The average Bonchev–Trinajstić information content (AvgIpc) is 3.10. The van der Waals surface area contributed by atoms with Gasteiger partial charge in [0, 0.05) is 24.0 Å². The molecule has 49 heavy (non-hydrogen) atoms. The van der Waals surface area contributed by atoms with Crippen molar-refractivity contribution in [2.75, 3.05) is 10.8 Å². The summed E-state index contributed by atoms with van der Waals surface area (Å²) in [5, 5.41) is 3.38. The zero-order chi connectivity index (χ0) is 34.8. The maximum atomic E-state index is 14.6. The summed E-state index contributed by atoms with van der Waals surface area (Å²) < 4.78 is 35.5. The van der Waals surface area contributed by atoms with Crippen molar-refractivity contribution < 1.29 is 22.7 Å². The predicted molar refractivity (Wildman–Crippen MR) is 193 cm³/mol. The minimum absolute atomic E-state index is 0.0171. The zero-order valence-corrected chi connectivity index (χ0v) is 28.8. The van der Waals surface area contributed by atoms with Gasteiger partial charge in [-0.25, -0.2) is 8.42 Å². The zero-order valence-electron chi connectivity index (χ0n) is 27.3. The van der Waals surface area contributed by atoms with E-state index in [2.05, 4.69) is 5.32 Å². The summed E-state index contributed by atoms with van der Waals surface area (Å²) in [6.45, 7) is 3.08. The van der Waals surface area contributed by atoms with Gasteiger partial charge in [0.1, 0.15) is 24.1 Å². The molecule has 0 aliphatic rings. The number of nitrogens with one attached hydrogen (secondary N) is 1. The second-order valence-electron chi connectivity index (χ2n) is 11.7. The first-order valence-electron chi connectivity index (χ1n) is 15.9. The van der Waals surface area contributed by atoms with E-state index in [0.717, 1.165) is 9.87 Å². The van der Waals surface area contributed by atoms with Gasteiger partial charge in [0.2, 0.25) is 11.8 Å². The number of halogens is 1. The monoisotopic (exact) mass is 695 g/mol. The summed E-state index contributed by atoms with van der Waals surface area (Å²) in [4.78, 5) is 29.9.